The topological polar surface area (TPSA) is 87.9 Å². The summed E-state index contributed by atoms with van der Waals surface area (Å²) in [6.07, 6.45) is 1.78. The van der Waals surface area contributed by atoms with Crippen LogP contribution < -0.4 is 5.73 Å². The van der Waals surface area contributed by atoms with E-state index in [0.29, 0.717) is 17.9 Å². The van der Waals surface area contributed by atoms with E-state index in [1.165, 1.54) is 0 Å². The minimum atomic E-state index is -0.192. The minimum absolute atomic E-state index is 0.192. The molecule has 0 aliphatic rings. The summed E-state index contributed by atoms with van der Waals surface area (Å²) in [6.45, 7) is 4.23. The van der Waals surface area contributed by atoms with Crippen LogP contribution >= 0.6 is 11.3 Å². The summed E-state index contributed by atoms with van der Waals surface area (Å²) >= 11 is 1.57. The van der Waals surface area contributed by atoms with Crippen LogP contribution in [0.3, 0.4) is 0 Å². The van der Waals surface area contributed by atoms with Gasteiger partial charge in [-0.15, -0.1) is 11.3 Å². The van der Waals surface area contributed by atoms with Crippen LogP contribution in [-0.2, 0) is 6.54 Å². The van der Waals surface area contributed by atoms with Gasteiger partial charge < -0.3 is 10.6 Å². The molecule has 2 rings (SSSR count). The number of nitrogens with two attached hydrogens (primary N) is 1. The Morgan fingerprint density at radius 3 is 2.78 bits per heavy atom. The van der Waals surface area contributed by atoms with Crippen LogP contribution in [0.25, 0.3) is 0 Å². The summed E-state index contributed by atoms with van der Waals surface area (Å²) in [5.74, 6) is -0.192. The first-order valence-corrected chi connectivity index (χ1v) is 6.28. The Kier molecular flexibility index (Phi) is 3.33. The minimum Gasteiger partial charge on any atom is -0.395 e. The van der Waals surface area contributed by atoms with Crippen molar-refractivity contribution in [3.05, 3.63) is 27.5 Å². The largest absolute Gasteiger partial charge is 0.395 e. The first-order chi connectivity index (χ1) is 8.49. The highest BCUT2D eigenvalue weighted by Gasteiger charge is 2.19. The fourth-order valence-electron chi connectivity index (χ4n) is 1.57. The molecular formula is C11H15N5OS. The Balaban J connectivity index is 2.12. The molecule has 0 fully saturated rings. The standard InChI is InChI=1S/C11H15N5OS/c1-6-9(12)10(15-14-6)11(17)16(3)5-8-4-13-7(2)18-8/h4H,5,12H2,1-3H3,(H,14,15). The van der Waals surface area contributed by atoms with E-state index in [1.807, 2.05) is 6.92 Å². The Labute approximate surface area is 109 Å². The second kappa shape index (κ2) is 4.77. The van der Waals surface area contributed by atoms with Crippen molar-refractivity contribution in [2.45, 2.75) is 20.4 Å². The number of aromatic amines is 1. The fraction of sp³-hybridized carbons (Fsp3) is 0.364. The lowest BCUT2D eigenvalue weighted by atomic mass is 10.3. The summed E-state index contributed by atoms with van der Waals surface area (Å²) in [5, 5.41) is 7.63. The van der Waals surface area contributed by atoms with Gasteiger partial charge in [-0.25, -0.2) is 4.98 Å². The molecule has 18 heavy (non-hydrogen) atoms. The Hall–Kier alpha value is -1.89. The van der Waals surface area contributed by atoms with E-state index in [9.17, 15) is 4.79 Å². The molecule has 0 spiro atoms. The van der Waals surface area contributed by atoms with Crippen molar-refractivity contribution in [3.63, 3.8) is 0 Å². The molecule has 0 saturated heterocycles. The molecule has 0 aliphatic carbocycles. The van der Waals surface area contributed by atoms with Gasteiger partial charge in [0, 0.05) is 18.1 Å². The van der Waals surface area contributed by atoms with Crippen molar-refractivity contribution >= 4 is 22.9 Å². The van der Waals surface area contributed by atoms with Gasteiger partial charge in [-0.2, -0.15) is 5.10 Å². The molecule has 1 amide bonds. The molecule has 6 nitrogen and oxygen atoms in total. The number of nitrogen functional groups attached to an aromatic ring is 1. The van der Waals surface area contributed by atoms with Gasteiger partial charge in [0.1, 0.15) is 0 Å². The van der Waals surface area contributed by atoms with Gasteiger partial charge in [-0.3, -0.25) is 9.89 Å². The highest BCUT2D eigenvalue weighted by Crippen LogP contribution is 2.17. The average Bonchev–Trinajstić information content (AvgIpc) is 2.87. The molecule has 2 heterocycles. The number of thiazole rings is 1. The van der Waals surface area contributed by atoms with Crippen molar-refractivity contribution in [3.8, 4) is 0 Å². The molecule has 0 unspecified atom stereocenters. The molecule has 2 aromatic heterocycles. The van der Waals surface area contributed by atoms with Gasteiger partial charge in [0.2, 0.25) is 0 Å². The quantitative estimate of drug-likeness (QED) is 0.876. The predicted octanol–water partition coefficient (Wildman–Crippen LogP) is 1.34. The highest BCUT2D eigenvalue weighted by molar-refractivity contribution is 7.11. The van der Waals surface area contributed by atoms with Crippen LogP contribution in [0.15, 0.2) is 6.20 Å². The number of anilines is 1. The van der Waals surface area contributed by atoms with Crippen LogP contribution in [0.1, 0.15) is 26.1 Å². The van der Waals surface area contributed by atoms with E-state index >= 15 is 0 Å². The van der Waals surface area contributed by atoms with Gasteiger partial charge in [0.05, 0.1) is 22.9 Å². The molecule has 0 radical (unpaired) electrons. The molecule has 0 aromatic carbocycles. The van der Waals surface area contributed by atoms with Crippen LogP contribution in [-0.4, -0.2) is 33.0 Å². The van der Waals surface area contributed by atoms with Crippen molar-refractivity contribution < 1.29 is 4.79 Å². The number of hydrogen-bond donors (Lipinski definition) is 2. The highest BCUT2D eigenvalue weighted by atomic mass is 32.1. The normalized spacial score (nSPS) is 10.6. The number of amides is 1. The maximum Gasteiger partial charge on any atom is 0.276 e. The number of nitrogens with zero attached hydrogens (tertiary/aromatic N) is 3. The predicted molar refractivity (Wildman–Crippen MR) is 70.4 cm³/mol. The lowest BCUT2D eigenvalue weighted by molar-refractivity contribution is 0.0781. The summed E-state index contributed by atoms with van der Waals surface area (Å²) in [4.78, 5) is 18.9. The molecular weight excluding hydrogens is 250 g/mol. The maximum absolute atomic E-state index is 12.1. The van der Waals surface area contributed by atoms with Gasteiger partial charge in [-0.1, -0.05) is 0 Å². The lowest BCUT2D eigenvalue weighted by Crippen LogP contribution is -2.26. The number of H-pyrrole nitrogens is 1. The molecule has 0 aliphatic heterocycles. The van der Waals surface area contributed by atoms with E-state index in [4.69, 9.17) is 5.73 Å². The number of rotatable bonds is 3. The molecule has 96 valence electrons. The third kappa shape index (κ3) is 2.35. The second-order valence-corrected chi connectivity index (χ2v) is 5.44. The molecule has 0 atom stereocenters. The zero-order valence-electron chi connectivity index (χ0n) is 10.5. The molecule has 2 aromatic rings. The average molecular weight is 265 g/mol. The summed E-state index contributed by atoms with van der Waals surface area (Å²) < 4.78 is 0. The number of aromatic nitrogens is 3. The SMILES string of the molecule is Cc1ncc(CN(C)C(=O)c2n[nH]c(C)c2N)s1. The van der Waals surface area contributed by atoms with Crippen molar-refractivity contribution in [2.75, 3.05) is 12.8 Å². The molecule has 7 heteroatoms. The monoisotopic (exact) mass is 265 g/mol. The van der Waals surface area contributed by atoms with Crippen LogP contribution in [0.4, 0.5) is 5.69 Å². The van der Waals surface area contributed by atoms with Crippen LogP contribution in [0.2, 0.25) is 0 Å². The summed E-state index contributed by atoms with van der Waals surface area (Å²) in [7, 11) is 1.72. The van der Waals surface area contributed by atoms with Gasteiger partial charge in [-0.05, 0) is 13.8 Å². The summed E-state index contributed by atoms with van der Waals surface area (Å²) in [6, 6.07) is 0. The number of hydrogen-bond acceptors (Lipinski definition) is 5. The van der Waals surface area contributed by atoms with Crippen molar-refractivity contribution in [2.24, 2.45) is 0 Å². The van der Waals surface area contributed by atoms with Crippen molar-refractivity contribution in [1.29, 1.82) is 0 Å². The van der Waals surface area contributed by atoms with Crippen molar-refractivity contribution in [1.82, 2.24) is 20.1 Å². The Bertz CT molecular complexity index is 574. The number of nitrogens with one attached hydrogen (secondary N) is 1. The van der Waals surface area contributed by atoms with Gasteiger partial charge >= 0.3 is 0 Å². The molecule has 0 saturated carbocycles. The van der Waals surface area contributed by atoms with Gasteiger partial charge in [0.15, 0.2) is 5.69 Å². The van der Waals surface area contributed by atoms with E-state index < -0.39 is 0 Å². The van der Waals surface area contributed by atoms with E-state index in [2.05, 4.69) is 15.2 Å². The van der Waals surface area contributed by atoms with E-state index in [0.717, 1.165) is 9.88 Å². The maximum atomic E-state index is 12.1. The third-order valence-electron chi connectivity index (χ3n) is 2.61. The van der Waals surface area contributed by atoms with E-state index in [1.54, 1.807) is 36.4 Å². The zero-order valence-corrected chi connectivity index (χ0v) is 11.3. The first kappa shape index (κ1) is 12.6. The smallest absolute Gasteiger partial charge is 0.276 e. The zero-order chi connectivity index (χ0) is 13.3. The number of carbonyl (C=O) groups is 1. The van der Waals surface area contributed by atoms with Crippen LogP contribution in [0, 0.1) is 13.8 Å². The lowest BCUT2D eigenvalue weighted by Gasteiger charge is -2.14. The number of aryl methyl sites for hydroxylation is 2. The Morgan fingerprint density at radius 1 is 1.56 bits per heavy atom. The first-order valence-electron chi connectivity index (χ1n) is 5.46. The fourth-order valence-corrected chi connectivity index (χ4v) is 2.41. The van der Waals surface area contributed by atoms with Gasteiger partial charge in [0.25, 0.3) is 5.91 Å². The van der Waals surface area contributed by atoms with Crippen LogP contribution in [0.5, 0.6) is 0 Å². The molecule has 3 N–H and O–H groups in total. The molecule has 0 bridgehead atoms. The Morgan fingerprint density at radius 2 is 2.28 bits per heavy atom. The third-order valence-corrected chi connectivity index (χ3v) is 3.50. The summed E-state index contributed by atoms with van der Waals surface area (Å²) in [5.41, 5.74) is 7.18. The second-order valence-electron chi connectivity index (χ2n) is 4.12. The van der Waals surface area contributed by atoms with E-state index in [-0.39, 0.29) is 11.6 Å². The number of carbonyl (C=O) groups excluding carboxylic acids is 1.